The van der Waals surface area contributed by atoms with Gasteiger partial charge in [-0.3, -0.25) is 23.7 Å². The molecule has 44 heavy (non-hydrogen) atoms. The van der Waals surface area contributed by atoms with Crippen LogP contribution in [0.2, 0.25) is 0 Å². The highest BCUT2D eigenvalue weighted by Crippen LogP contribution is 2.56. The Morgan fingerprint density at radius 2 is 1.80 bits per heavy atom. The van der Waals surface area contributed by atoms with E-state index in [9.17, 15) is 23.7 Å². The summed E-state index contributed by atoms with van der Waals surface area (Å²) in [5.41, 5.74) is -0.702. The van der Waals surface area contributed by atoms with Gasteiger partial charge in [0.2, 0.25) is 5.91 Å². The van der Waals surface area contributed by atoms with E-state index < -0.39 is 42.6 Å². The summed E-state index contributed by atoms with van der Waals surface area (Å²) in [7, 11) is 3.13. The van der Waals surface area contributed by atoms with Gasteiger partial charge in [0.15, 0.2) is 0 Å². The topological polar surface area (TPSA) is 161 Å². The number of hydrogen-bond donors (Lipinski definition) is 3. The van der Waals surface area contributed by atoms with Crippen LogP contribution in [-0.2, 0) is 23.4 Å². The van der Waals surface area contributed by atoms with Crippen molar-refractivity contribution in [3.63, 3.8) is 0 Å². The number of ether oxygens (including phenoxy) is 2. The lowest BCUT2D eigenvalue weighted by Crippen LogP contribution is -2.53. The van der Waals surface area contributed by atoms with Crippen LogP contribution in [-0.4, -0.2) is 81.2 Å². The molecule has 1 aliphatic rings. The molecule has 0 saturated carbocycles. The molecule has 1 saturated heterocycles. The zero-order valence-electron chi connectivity index (χ0n) is 26.7. The molecular weight excluding hydrogens is 653 g/mol. The number of carbonyl (C=O) groups is 2. The van der Waals surface area contributed by atoms with Gasteiger partial charge in [0.1, 0.15) is 12.3 Å². The van der Waals surface area contributed by atoms with Crippen LogP contribution >= 0.6 is 39.7 Å². The van der Waals surface area contributed by atoms with Crippen molar-refractivity contribution in [3.8, 4) is 0 Å². The smallest absolute Gasteiger partial charge is 0.407 e. The first-order chi connectivity index (χ1) is 20.4. The van der Waals surface area contributed by atoms with Gasteiger partial charge in [-0.15, -0.1) is 0 Å². The monoisotopic (exact) mass is 699 g/mol. The van der Waals surface area contributed by atoms with E-state index in [1.807, 2.05) is 13.8 Å². The van der Waals surface area contributed by atoms with Gasteiger partial charge in [-0.05, 0) is 50.8 Å². The average Bonchev–Trinajstić information content (AvgIpc) is 2.91. The lowest BCUT2D eigenvalue weighted by molar-refractivity contribution is -0.123. The fourth-order valence-electron chi connectivity index (χ4n) is 4.01. The lowest BCUT2D eigenvalue weighted by Gasteiger charge is -2.35. The van der Waals surface area contributed by atoms with Crippen molar-refractivity contribution in [2.45, 2.75) is 97.4 Å². The minimum absolute atomic E-state index is 0.0155. The van der Waals surface area contributed by atoms with Crippen LogP contribution < -0.4 is 21.9 Å². The van der Waals surface area contributed by atoms with E-state index in [1.165, 1.54) is 21.6 Å². The molecule has 1 aromatic heterocycles. The van der Waals surface area contributed by atoms with Crippen molar-refractivity contribution in [2.75, 3.05) is 32.1 Å². The molecule has 1 aliphatic heterocycles. The maximum absolute atomic E-state index is 13.2. The molecule has 0 aliphatic carbocycles. The van der Waals surface area contributed by atoms with Crippen molar-refractivity contribution >= 4 is 51.7 Å². The number of nitrogens with one attached hydrogen (secondary N) is 3. The molecule has 2 amide bonds. The summed E-state index contributed by atoms with van der Waals surface area (Å²) < 4.78 is 32.6. The normalized spacial score (nSPS) is 18.3. The number of aromatic nitrogens is 2. The van der Waals surface area contributed by atoms with Gasteiger partial charge in [-0.25, -0.2) is 14.3 Å². The first-order valence-electron chi connectivity index (χ1n) is 14.6. The van der Waals surface area contributed by atoms with E-state index >= 15 is 0 Å². The van der Waals surface area contributed by atoms with Crippen LogP contribution in [0, 0.1) is 12.8 Å². The molecule has 0 aromatic carbocycles. The third-order valence-electron chi connectivity index (χ3n) is 6.29. The Balaban J connectivity index is 1.87. The molecule has 0 spiro atoms. The summed E-state index contributed by atoms with van der Waals surface area (Å²) in [6.45, 7) is 12.1. The molecule has 252 valence electrons. The first kappa shape index (κ1) is 38.7. The van der Waals surface area contributed by atoms with Crippen molar-refractivity contribution in [1.29, 1.82) is 0 Å². The second-order valence-corrected chi connectivity index (χ2v) is 18.4. The van der Waals surface area contributed by atoms with E-state index in [0.717, 1.165) is 0 Å². The maximum atomic E-state index is 13.2. The molecule has 1 fully saturated rings. The molecular formula is C27H47ClN5O8PS2. The molecule has 2 heterocycles. The summed E-state index contributed by atoms with van der Waals surface area (Å²) in [6.07, 6.45) is 0.458. The van der Waals surface area contributed by atoms with Gasteiger partial charge in [0.05, 0.1) is 19.3 Å². The Morgan fingerprint density at radius 1 is 1.16 bits per heavy atom. The summed E-state index contributed by atoms with van der Waals surface area (Å²) >= 11 is 6.34. The van der Waals surface area contributed by atoms with Crippen molar-refractivity contribution in [3.05, 3.63) is 32.6 Å². The Hall–Kier alpha value is -1.48. The fraction of sp³-hybridized carbons (Fsp3) is 0.778. The number of amides is 2. The summed E-state index contributed by atoms with van der Waals surface area (Å²) in [5, 5.41) is 5.70. The summed E-state index contributed by atoms with van der Waals surface area (Å²) in [5.74, 6) is 0.223. The van der Waals surface area contributed by atoms with Crippen molar-refractivity contribution < 1.29 is 28.2 Å². The first-order valence-corrected chi connectivity index (χ1v) is 19.4. The molecule has 0 bridgehead atoms. The zero-order valence-corrected chi connectivity index (χ0v) is 30.0. The number of hydrogen-bond acceptors (Lipinski definition) is 10. The molecule has 2 unspecified atom stereocenters. The van der Waals surface area contributed by atoms with Crippen LogP contribution in [0.25, 0.3) is 0 Å². The largest absolute Gasteiger partial charge is 0.449 e. The number of nitrogens with zero attached hydrogens (tertiary/aromatic N) is 2. The second-order valence-electron chi connectivity index (χ2n) is 12.2. The van der Waals surface area contributed by atoms with E-state index in [2.05, 4.69) is 36.4 Å². The third kappa shape index (κ3) is 13.5. The third-order valence-corrected chi connectivity index (χ3v) is 12.1. The van der Waals surface area contributed by atoms with Gasteiger partial charge in [0, 0.05) is 41.4 Å². The lowest BCUT2D eigenvalue weighted by atomic mass is 10.1. The predicted molar refractivity (Wildman–Crippen MR) is 176 cm³/mol. The standard InChI is InChI=1S/C27H47ClN5O8PS2/c1-17(2)14-39-26(37)30-22(16-43-44-27(6,7)8)24(35)29-21-9-11-32(12-10-21)42(28,38)40-15-19(4)41-20(5)33-13-18(3)23(34)31-25(33)36/h13,17,19-22H,9-12,14-16H2,1-8H3,(H,29,35)(H,30,37)(H,31,34,36)/t19-,20+,22?,42?/m0/s1. The molecule has 2 rings (SSSR count). The number of halogens is 1. The number of carbonyl (C=O) groups excluding carboxylic acids is 2. The second kappa shape index (κ2) is 17.4. The molecule has 4 atom stereocenters. The van der Waals surface area contributed by atoms with E-state index in [4.69, 9.17) is 25.2 Å². The number of aromatic amines is 1. The van der Waals surface area contributed by atoms with Crippen LogP contribution in [0.15, 0.2) is 15.8 Å². The van der Waals surface area contributed by atoms with Crippen molar-refractivity contribution in [1.82, 2.24) is 24.9 Å². The van der Waals surface area contributed by atoms with Gasteiger partial charge in [-0.1, -0.05) is 56.2 Å². The SMILES string of the molecule is Cc1cn([C@@H](C)O[C@@H](C)COP(=O)(Cl)N2CCC(NC(=O)C(CSSC(C)(C)C)NC(=O)OCC(C)C)CC2)c(=O)[nH]c1=O. The molecule has 1 aromatic rings. The van der Waals surface area contributed by atoms with E-state index in [1.54, 1.807) is 36.2 Å². The Bertz CT molecular complexity index is 1270. The van der Waals surface area contributed by atoms with E-state index in [0.29, 0.717) is 37.2 Å². The molecule has 13 nitrogen and oxygen atoms in total. The van der Waals surface area contributed by atoms with Crippen LogP contribution in [0.1, 0.15) is 73.1 Å². The van der Waals surface area contributed by atoms with Crippen LogP contribution in [0.4, 0.5) is 4.79 Å². The Labute approximate surface area is 271 Å². The number of H-pyrrole nitrogens is 1. The number of alkyl carbamates (subject to hydrolysis) is 1. The molecule has 3 N–H and O–H groups in total. The van der Waals surface area contributed by atoms with Gasteiger partial charge >= 0.3 is 18.7 Å². The molecule has 17 heteroatoms. The Kier molecular flexibility index (Phi) is 15.3. The van der Waals surface area contributed by atoms with Crippen LogP contribution in [0.5, 0.6) is 0 Å². The van der Waals surface area contributed by atoms with Gasteiger partial charge in [0.25, 0.3) is 5.56 Å². The maximum Gasteiger partial charge on any atom is 0.407 e. The van der Waals surface area contributed by atoms with Crippen molar-refractivity contribution in [2.24, 2.45) is 5.92 Å². The highest BCUT2D eigenvalue weighted by molar-refractivity contribution is 8.77. The Morgan fingerprint density at radius 3 is 2.39 bits per heavy atom. The average molecular weight is 700 g/mol. The highest BCUT2D eigenvalue weighted by atomic mass is 35.7. The minimum atomic E-state index is -3.69. The number of rotatable bonds is 15. The molecule has 0 radical (unpaired) electrons. The summed E-state index contributed by atoms with van der Waals surface area (Å²) in [4.78, 5) is 51.5. The fourth-order valence-corrected chi connectivity index (χ4v) is 8.37. The van der Waals surface area contributed by atoms with Crippen LogP contribution in [0.3, 0.4) is 0 Å². The van der Waals surface area contributed by atoms with Gasteiger partial charge < -0.3 is 24.6 Å². The highest BCUT2D eigenvalue weighted by Gasteiger charge is 2.35. The summed E-state index contributed by atoms with van der Waals surface area (Å²) in [6, 6.07) is -0.983. The minimum Gasteiger partial charge on any atom is -0.449 e. The number of aryl methyl sites for hydroxylation is 1. The predicted octanol–water partition coefficient (Wildman–Crippen LogP) is 4.64. The van der Waals surface area contributed by atoms with Gasteiger partial charge in [-0.2, -0.15) is 0 Å². The van der Waals surface area contributed by atoms with E-state index in [-0.39, 0.29) is 35.8 Å². The zero-order chi connectivity index (χ0) is 33.2. The quantitative estimate of drug-likeness (QED) is 0.173. The number of piperidine rings is 1.